The second-order valence-electron chi connectivity index (χ2n) is 4.57. The molecular weight excluding hydrogens is 288 g/mol. The maximum Gasteiger partial charge on any atom is 0.254 e. The molecule has 0 aliphatic rings. The summed E-state index contributed by atoms with van der Waals surface area (Å²) >= 11 is 5.97. The van der Waals surface area contributed by atoms with Crippen LogP contribution in [0.1, 0.15) is 11.5 Å². The zero-order chi connectivity index (χ0) is 14.7. The van der Waals surface area contributed by atoms with Gasteiger partial charge in [0.15, 0.2) is 6.61 Å². The molecule has 0 spiro atoms. The number of hydrogen-bond acceptors (Lipinski definition) is 4. The van der Waals surface area contributed by atoms with E-state index in [1.165, 1.54) is 0 Å². The first kappa shape index (κ1) is 13.6. The number of rotatable bonds is 4. The van der Waals surface area contributed by atoms with Gasteiger partial charge in [-0.3, -0.25) is 0 Å². The molecular formula is C16H13ClN2O2. The monoisotopic (exact) mass is 300 g/mol. The molecule has 0 aliphatic heterocycles. The summed E-state index contributed by atoms with van der Waals surface area (Å²) in [4.78, 5) is 0. The summed E-state index contributed by atoms with van der Waals surface area (Å²) in [6.07, 6.45) is 0. The van der Waals surface area contributed by atoms with Crippen molar-refractivity contribution in [3.8, 4) is 17.2 Å². The lowest BCUT2D eigenvalue weighted by molar-refractivity contribution is 0.264. The number of halogens is 1. The van der Waals surface area contributed by atoms with Gasteiger partial charge in [0.25, 0.3) is 5.89 Å². The van der Waals surface area contributed by atoms with E-state index in [0.29, 0.717) is 16.8 Å². The van der Waals surface area contributed by atoms with E-state index in [1.807, 2.05) is 49.4 Å². The van der Waals surface area contributed by atoms with Crippen molar-refractivity contribution in [2.24, 2.45) is 0 Å². The Bertz CT molecular complexity index is 741. The van der Waals surface area contributed by atoms with Crippen LogP contribution in [0.3, 0.4) is 0 Å². The van der Waals surface area contributed by atoms with Crippen LogP contribution in [0.15, 0.2) is 52.9 Å². The van der Waals surface area contributed by atoms with Crippen LogP contribution >= 0.6 is 11.6 Å². The van der Waals surface area contributed by atoms with E-state index in [1.54, 1.807) is 6.07 Å². The maximum absolute atomic E-state index is 5.97. The van der Waals surface area contributed by atoms with Crippen LogP contribution in [-0.4, -0.2) is 10.2 Å². The molecule has 21 heavy (non-hydrogen) atoms. The second kappa shape index (κ2) is 5.97. The molecule has 0 saturated carbocycles. The van der Waals surface area contributed by atoms with E-state index in [9.17, 15) is 0 Å². The maximum atomic E-state index is 5.97. The Labute approximate surface area is 127 Å². The standard InChI is InChI=1S/C16H13ClN2O2/c1-11-9-13(7-8-14(11)17)20-10-15-18-19-16(21-15)12-5-3-2-4-6-12/h2-9H,10H2,1H3. The Hall–Kier alpha value is -2.33. The average Bonchev–Trinajstić information content (AvgIpc) is 2.98. The Morgan fingerprint density at radius 1 is 1.10 bits per heavy atom. The quantitative estimate of drug-likeness (QED) is 0.721. The van der Waals surface area contributed by atoms with Gasteiger partial charge >= 0.3 is 0 Å². The van der Waals surface area contributed by atoms with Crippen molar-refractivity contribution >= 4 is 11.6 Å². The molecule has 4 nitrogen and oxygen atoms in total. The molecule has 1 aromatic heterocycles. The summed E-state index contributed by atoms with van der Waals surface area (Å²) in [5, 5.41) is 8.71. The van der Waals surface area contributed by atoms with Crippen molar-refractivity contribution in [2.45, 2.75) is 13.5 Å². The van der Waals surface area contributed by atoms with Gasteiger partial charge in [-0.1, -0.05) is 29.8 Å². The minimum absolute atomic E-state index is 0.223. The fourth-order valence-electron chi connectivity index (χ4n) is 1.86. The van der Waals surface area contributed by atoms with Crippen molar-refractivity contribution < 1.29 is 9.15 Å². The fraction of sp³-hybridized carbons (Fsp3) is 0.125. The largest absolute Gasteiger partial charge is 0.484 e. The molecule has 0 aliphatic carbocycles. The van der Waals surface area contributed by atoms with Gasteiger partial charge in [0, 0.05) is 10.6 Å². The summed E-state index contributed by atoms with van der Waals surface area (Å²) in [6, 6.07) is 15.1. The number of hydrogen-bond donors (Lipinski definition) is 0. The van der Waals surface area contributed by atoms with Crippen molar-refractivity contribution in [1.82, 2.24) is 10.2 Å². The van der Waals surface area contributed by atoms with Crippen LogP contribution < -0.4 is 4.74 Å². The molecule has 3 rings (SSSR count). The first-order chi connectivity index (χ1) is 10.2. The average molecular weight is 301 g/mol. The van der Waals surface area contributed by atoms with E-state index in [2.05, 4.69) is 10.2 Å². The van der Waals surface area contributed by atoms with E-state index in [-0.39, 0.29) is 6.61 Å². The minimum atomic E-state index is 0.223. The van der Waals surface area contributed by atoms with Crippen molar-refractivity contribution in [2.75, 3.05) is 0 Å². The second-order valence-corrected chi connectivity index (χ2v) is 4.97. The van der Waals surface area contributed by atoms with Crippen LogP contribution in [0.5, 0.6) is 5.75 Å². The third-order valence-corrected chi connectivity index (χ3v) is 3.40. The van der Waals surface area contributed by atoms with Gasteiger partial charge in [0.05, 0.1) is 0 Å². The molecule has 0 amide bonds. The fourth-order valence-corrected chi connectivity index (χ4v) is 1.98. The van der Waals surface area contributed by atoms with Crippen LogP contribution in [-0.2, 0) is 6.61 Å². The highest BCUT2D eigenvalue weighted by Gasteiger charge is 2.08. The van der Waals surface area contributed by atoms with Crippen LogP contribution in [0.25, 0.3) is 11.5 Å². The van der Waals surface area contributed by atoms with Gasteiger partial charge in [-0.05, 0) is 42.8 Å². The molecule has 1 heterocycles. The summed E-state index contributed by atoms with van der Waals surface area (Å²) in [6.45, 7) is 2.15. The summed E-state index contributed by atoms with van der Waals surface area (Å²) in [5.41, 5.74) is 1.85. The molecule has 2 aromatic carbocycles. The highest BCUT2D eigenvalue weighted by molar-refractivity contribution is 6.31. The summed E-state index contributed by atoms with van der Waals surface area (Å²) in [5.74, 6) is 1.64. The lowest BCUT2D eigenvalue weighted by atomic mass is 10.2. The van der Waals surface area contributed by atoms with Gasteiger partial charge in [-0.2, -0.15) is 0 Å². The van der Waals surface area contributed by atoms with Gasteiger partial charge < -0.3 is 9.15 Å². The molecule has 0 fully saturated rings. The lowest BCUT2D eigenvalue weighted by Gasteiger charge is -2.05. The van der Waals surface area contributed by atoms with Crippen LogP contribution in [0, 0.1) is 6.92 Å². The number of ether oxygens (including phenoxy) is 1. The Morgan fingerprint density at radius 3 is 2.67 bits per heavy atom. The molecule has 3 aromatic rings. The Kier molecular flexibility index (Phi) is 3.88. The number of aryl methyl sites for hydroxylation is 1. The molecule has 5 heteroatoms. The Morgan fingerprint density at radius 2 is 1.90 bits per heavy atom. The third-order valence-electron chi connectivity index (χ3n) is 2.98. The highest BCUT2D eigenvalue weighted by atomic mass is 35.5. The van der Waals surface area contributed by atoms with Crippen molar-refractivity contribution in [3.05, 3.63) is 65.0 Å². The Balaban J connectivity index is 1.69. The molecule has 0 N–H and O–H groups in total. The van der Waals surface area contributed by atoms with Crippen LogP contribution in [0.4, 0.5) is 0 Å². The zero-order valence-corrected chi connectivity index (χ0v) is 12.2. The number of nitrogens with zero attached hydrogens (tertiary/aromatic N) is 2. The predicted octanol–water partition coefficient (Wildman–Crippen LogP) is 4.28. The number of aromatic nitrogens is 2. The molecule has 0 unspecified atom stereocenters. The molecule has 0 bridgehead atoms. The van der Waals surface area contributed by atoms with Crippen molar-refractivity contribution in [3.63, 3.8) is 0 Å². The van der Waals surface area contributed by atoms with E-state index < -0.39 is 0 Å². The van der Waals surface area contributed by atoms with Crippen LogP contribution in [0.2, 0.25) is 5.02 Å². The molecule has 0 atom stereocenters. The predicted molar refractivity (Wildman–Crippen MR) is 80.3 cm³/mol. The topological polar surface area (TPSA) is 48.2 Å². The molecule has 0 saturated heterocycles. The zero-order valence-electron chi connectivity index (χ0n) is 11.4. The molecule has 106 valence electrons. The van der Waals surface area contributed by atoms with E-state index >= 15 is 0 Å². The summed E-state index contributed by atoms with van der Waals surface area (Å²) < 4.78 is 11.2. The lowest BCUT2D eigenvalue weighted by Crippen LogP contribution is -1.96. The number of benzene rings is 2. The first-order valence-electron chi connectivity index (χ1n) is 6.49. The SMILES string of the molecule is Cc1cc(OCc2nnc(-c3ccccc3)o2)ccc1Cl. The van der Waals surface area contributed by atoms with Gasteiger partial charge in [0.1, 0.15) is 5.75 Å². The summed E-state index contributed by atoms with van der Waals surface area (Å²) in [7, 11) is 0. The molecule has 0 radical (unpaired) electrons. The highest BCUT2D eigenvalue weighted by Crippen LogP contribution is 2.22. The van der Waals surface area contributed by atoms with Gasteiger partial charge in [-0.15, -0.1) is 10.2 Å². The third kappa shape index (κ3) is 3.23. The smallest absolute Gasteiger partial charge is 0.254 e. The van der Waals surface area contributed by atoms with Gasteiger partial charge in [0.2, 0.25) is 5.89 Å². The van der Waals surface area contributed by atoms with E-state index in [0.717, 1.165) is 16.9 Å². The minimum Gasteiger partial charge on any atom is -0.484 e. The van der Waals surface area contributed by atoms with Gasteiger partial charge in [-0.25, -0.2) is 0 Å². The normalized spacial score (nSPS) is 10.6. The van der Waals surface area contributed by atoms with E-state index in [4.69, 9.17) is 20.8 Å². The first-order valence-corrected chi connectivity index (χ1v) is 6.87. The van der Waals surface area contributed by atoms with Crippen molar-refractivity contribution in [1.29, 1.82) is 0 Å².